The summed E-state index contributed by atoms with van der Waals surface area (Å²) in [6.07, 6.45) is 12.2. The molecule has 0 heterocycles. The van der Waals surface area contributed by atoms with E-state index in [1.807, 2.05) is 48.5 Å². The van der Waals surface area contributed by atoms with Crippen LogP contribution in [0.2, 0.25) is 0 Å². The van der Waals surface area contributed by atoms with E-state index in [-0.39, 0.29) is 17.9 Å². The third-order valence-electron chi connectivity index (χ3n) is 8.66. The van der Waals surface area contributed by atoms with Gasteiger partial charge in [0.1, 0.15) is 0 Å². The van der Waals surface area contributed by atoms with Crippen molar-refractivity contribution in [3.05, 3.63) is 124 Å². The fourth-order valence-corrected chi connectivity index (χ4v) is 8.03. The number of rotatable bonds is 15. The van der Waals surface area contributed by atoms with Crippen LogP contribution < -0.4 is 10.0 Å². The maximum absolute atomic E-state index is 14.7. The van der Waals surface area contributed by atoms with Crippen molar-refractivity contribution in [2.45, 2.75) is 108 Å². The predicted molar refractivity (Wildman–Crippen MR) is 186 cm³/mol. The van der Waals surface area contributed by atoms with E-state index in [9.17, 15) is 8.42 Å². The molecule has 0 saturated heterocycles. The van der Waals surface area contributed by atoms with Crippen LogP contribution in [0.25, 0.3) is 0 Å². The molecule has 2 atom stereocenters. The van der Waals surface area contributed by atoms with Crippen molar-refractivity contribution < 1.29 is 8.42 Å². The van der Waals surface area contributed by atoms with Gasteiger partial charge in [0.2, 0.25) is 10.0 Å². The number of hydrogen-bond donors (Lipinski definition) is 2. The Labute approximate surface area is 267 Å². The molecule has 0 bridgehead atoms. The zero-order valence-corrected chi connectivity index (χ0v) is 28.3. The molecule has 0 aliphatic heterocycles. The third kappa shape index (κ3) is 8.80. The fraction of sp³-hybridized carbons (Fsp3) is 0.436. The molecule has 44 heavy (non-hydrogen) atoms. The van der Waals surface area contributed by atoms with Gasteiger partial charge in [-0.3, -0.25) is 0 Å². The van der Waals surface area contributed by atoms with Gasteiger partial charge in [-0.25, -0.2) is 13.1 Å². The van der Waals surface area contributed by atoms with Gasteiger partial charge in [-0.1, -0.05) is 138 Å². The van der Waals surface area contributed by atoms with Crippen LogP contribution in [-0.2, 0) is 10.0 Å². The topological polar surface area (TPSA) is 58.2 Å². The molecular weight excluding hydrogens is 561 g/mol. The van der Waals surface area contributed by atoms with Crippen LogP contribution in [0.3, 0.4) is 0 Å². The van der Waals surface area contributed by atoms with Gasteiger partial charge in [0, 0.05) is 0 Å². The zero-order valence-electron chi connectivity index (χ0n) is 27.5. The van der Waals surface area contributed by atoms with Gasteiger partial charge in [-0.05, 0) is 84.2 Å². The Bertz CT molecular complexity index is 1480. The molecule has 4 rings (SSSR count). The molecule has 2 N–H and O–H groups in total. The first-order valence-electron chi connectivity index (χ1n) is 16.4. The van der Waals surface area contributed by atoms with Crippen LogP contribution in [0, 0.1) is 0 Å². The fourth-order valence-electron chi connectivity index (χ4n) is 6.09. The average molecular weight is 613 g/mol. The smallest absolute Gasteiger partial charge is 0.241 e. The van der Waals surface area contributed by atoms with E-state index in [0.29, 0.717) is 10.8 Å². The summed E-state index contributed by atoms with van der Waals surface area (Å²) in [5.74, 6) is 0.431. The maximum atomic E-state index is 14.7. The Hall–Kier alpha value is -2.99. The maximum Gasteiger partial charge on any atom is 0.241 e. The van der Waals surface area contributed by atoms with Crippen LogP contribution in [0.5, 0.6) is 0 Å². The number of hydrogen-bond acceptors (Lipinski definition) is 3. The molecule has 3 aromatic carbocycles. The summed E-state index contributed by atoms with van der Waals surface area (Å²) >= 11 is 0. The Morgan fingerprint density at radius 1 is 0.682 bits per heavy atom. The van der Waals surface area contributed by atoms with Gasteiger partial charge in [0.15, 0.2) is 0 Å². The second-order valence-electron chi connectivity index (χ2n) is 13.1. The standard InChI is InChI=1S/C39H52N2O2S/c1-28(2)34-26-35(29(3)4)39(36(27-34)30(5)6)44(42,43)41-38(33-23-14-9-15-24-33)37(32-21-12-8-13-22-32)40-25-17-16-20-31-18-10-7-11-19-31/h7-10,12-15,19,21-24,26-30,37-38,40-41H,11,16-18,20,25H2,1-6H3. The average Bonchev–Trinajstić information content (AvgIpc) is 3.02. The molecule has 0 spiro atoms. The van der Waals surface area contributed by atoms with Gasteiger partial charge < -0.3 is 5.32 Å². The zero-order chi connectivity index (χ0) is 31.7. The molecule has 1 aliphatic rings. The predicted octanol–water partition coefficient (Wildman–Crippen LogP) is 9.85. The number of nitrogens with one attached hydrogen (secondary N) is 2. The lowest BCUT2D eigenvalue weighted by atomic mass is 9.89. The number of benzene rings is 3. The molecule has 0 aromatic heterocycles. The summed E-state index contributed by atoms with van der Waals surface area (Å²) in [5, 5.41) is 3.78. The molecule has 1 aliphatic carbocycles. The van der Waals surface area contributed by atoms with Gasteiger partial charge in [-0.2, -0.15) is 0 Å². The summed E-state index contributed by atoms with van der Waals surface area (Å²) < 4.78 is 32.6. The van der Waals surface area contributed by atoms with E-state index in [4.69, 9.17) is 0 Å². The monoisotopic (exact) mass is 612 g/mol. The SMILES string of the molecule is CC(C)c1cc(C(C)C)c(S(=O)(=O)NC(c2ccccc2)C(NCCCCC2=CCC=CC2)c2ccccc2)c(C(C)C)c1. The Kier molecular flexibility index (Phi) is 12.2. The van der Waals surface area contributed by atoms with Crippen LogP contribution in [0.4, 0.5) is 0 Å². The normalized spacial score (nSPS) is 15.2. The largest absolute Gasteiger partial charge is 0.308 e. The first-order valence-corrected chi connectivity index (χ1v) is 17.9. The lowest BCUT2D eigenvalue weighted by Crippen LogP contribution is -2.39. The molecule has 0 radical (unpaired) electrons. The summed E-state index contributed by atoms with van der Waals surface area (Å²) in [7, 11) is -3.91. The van der Waals surface area contributed by atoms with Gasteiger partial charge >= 0.3 is 0 Å². The second-order valence-corrected chi connectivity index (χ2v) is 14.7. The highest BCUT2D eigenvalue weighted by molar-refractivity contribution is 7.89. The third-order valence-corrected chi connectivity index (χ3v) is 10.2. The quantitative estimate of drug-likeness (QED) is 0.133. The van der Waals surface area contributed by atoms with Crippen molar-refractivity contribution in [1.29, 1.82) is 0 Å². The minimum absolute atomic E-state index is 0.0609. The van der Waals surface area contributed by atoms with E-state index >= 15 is 0 Å². The van der Waals surface area contributed by atoms with Crippen molar-refractivity contribution in [3.63, 3.8) is 0 Å². The van der Waals surface area contributed by atoms with Gasteiger partial charge in [0.25, 0.3) is 0 Å². The van der Waals surface area contributed by atoms with Crippen LogP contribution >= 0.6 is 0 Å². The van der Waals surface area contributed by atoms with Crippen molar-refractivity contribution in [3.8, 4) is 0 Å². The molecule has 2 unspecified atom stereocenters. The van der Waals surface area contributed by atoms with E-state index in [1.54, 1.807) is 0 Å². The molecule has 0 amide bonds. The summed E-state index contributed by atoms with van der Waals surface area (Å²) in [6, 6.07) is 23.7. The number of unbranched alkanes of at least 4 members (excludes halogenated alkanes) is 1. The highest BCUT2D eigenvalue weighted by Crippen LogP contribution is 2.37. The summed E-state index contributed by atoms with van der Waals surface area (Å²) in [6.45, 7) is 13.5. The molecule has 0 fully saturated rings. The van der Waals surface area contributed by atoms with Crippen LogP contribution in [0.1, 0.15) is 131 Å². The van der Waals surface area contributed by atoms with Crippen LogP contribution in [-0.4, -0.2) is 15.0 Å². The van der Waals surface area contributed by atoms with Crippen molar-refractivity contribution in [2.75, 3.05) is 6.54 Å². The van der Waals surface area contributed by atoms with E-state index in [2.05, 4.69) is 94.1 Å². The second kappa shape index (κ2) is 15.8. The Morgan fingerprint density at radius 3 is 1.75 bits per heavy atom. The molecule has 4 nitrogen and oxygen atoms in total. The first-order chi connectivity index (χ1) is 21.1. The molecular formula is C39H52N2O2S. The minimum atomic E-state index is -3.91. The van der Waals surface area contributed by atoms with Crippen molar-refractivity contribution >= 4 is 10.0 Å². The number of sulfonamides is 1. The highest BCUT2D eigenvalue weighted by atomic mass is 32.2. The Balaban J connectivity index is 1.71. The summed E-state index contributed by atoms with van der Waals surface area (Å²) in [5.41, 5.74) is 6.47. The first kappa shape index (κ1) is 33.9. The molecule has 3 aromatic rings. The molecule has 5 heteroatoms. The summed E-state index contributed by atoms with van der Waals surface area (Å²) in [4.78, 5) is 0.439. The minimum Gasteiger partial charge on any atom is -0.308 e. The van der Waals surface area contributed by atoms with Gasteiger partial charge in [-0.15, -0.1) is 0 Å². The van der Waals surface area contributed by atoms with E-state index in [1.165, 1.54) is 11.1 Å². The van der Waals surface area contributed by atoms with Crippen molar-refractivity contribution in [1.82, 2.24) is 10.0 Å². The van der Waals surface area contributed by atoms with E-state index < -0.39 is 16.1 Å². The number of allylic oxidation sites excluding steroid dienone is 4. The highest BCUT2D eigenvalue weighted by Gasteiger charge is 2.33. The van der Waals surface area contributed by atoms with Crippen molar-refractivity contribution in [2.24, 2.45) is 0 Å². The molecule has 0 saturated carbocycles. The lowest BCUT2D eigenvalue weighted by Gasteiger charge is -2.31. The lowest BCUT2D eigenvalue weighted by molar-refractivity contribution is 0.417. The van der Waals surface area contributed by atoms with E-state index in [0.717, 1.165) is 60.9 Å². The molecule has 236 valence electrons. The van der Waals surface area contributed by atoms with Gasteiger partial charge in [0.05, 0.1) is 17.0 Å². The van der Waals surface area contributed by atoms with Crippen LogP contribution in [0.15, 0.2) is 101 Å². The Morgan fingerprint density at radius 2 is 1.25 bits per heavy atom.